The van der Waals surface area contributed by atoms with Gasteiger partial charge in [-0.05, 0) is 37.8 Å². The van der Waals surface area contributed by atoms with E-state index in [1.165, 1.54) is 12.7 Å². The summed E-state index contributed by atoms with van der Waals surface area (Å²) in [6.45, 7) is 1.91. The number of allylic oxidation sites excluding steroid dienone is 1. The zero-order valence-corrected chi connectivity index (χ0v) is 11.0. The van der Waals surface area contributed by atoms with Gasteiger partial charge in [-0.2, -0.15) is 0 Å². The third-order valence-electron chi connectivity index (χ3n) is 2.62. The number of hydrogen-bond donors (Lipinski definition) is 0. The second-order valence-electron chi connectivity index (χ2n) is 4.01. The molecular weight excluding hydrogens is 228 g/mol. The van der Waals surface area contributed by atoms with Crippen LogP contribution in [0, 0.1) is 0 Å². The summed E-state index contributed by atoms with van der Waals surface area (Å²) in [7, 11) is 1.32. The average molecular weight is 248 g/mol. The molecule has 0 N–H and O–H groups in total. The second-order valence-corrected chi connectivity index (χ2v) is 4.01. The minimum absolute atomic E-state index is 0.203. The van der Waals surface area contributed by atoms with Crippen LogP contribution < -0.4 is 0 Å². The number of rotatable bonds is 6. The summed E-state index contributed by atoms with van der Waals surface area (Å²) in [5.74, 6) is 0. The van der Waals surface area contributed by atoms with Crippen LogP contribution in [0.1, 0.15) is 25.3 Å². The van der Waals surface area contributed by atoms with Gasteiger partial charge in [-0.15, -0.1) is 0 Å². The molecule has 0 radical (unpaired) electrons. The van der Waals surface area contributed by atoms with Gasteiger partial charge in [-0.3, -0.25) is 0 Å². The van der Waals surface area contributed by atoms with E-state index in [9.17, 15) is 4.79 Å². The van der Waals surface area contributed by atoms with Crippen LogP contribution in [0.15, 0.2) is 42.5 Å². The van der Waals surface area contributed by atoms with Crippen LogP contribution in [0.25, 0.3) is 0 Å². The van der Waals surface area contributed by atoms with Gasteiger partial charge in [0.05, 0.1) is 7.11 Å². The molecule has 0 spiro atoms. The fraction of sp³-hybridized carbons (Fsp3) is 0.400. The summed E-state index contributed by atoms with van der Waals surface area (Å²) in [6, 6.07) is 10.3. The van der Waals surface area contributed by atoms with Crippen molar-refractivity contribution in [3.8, 4) is 0 Å². The summed E-state index contributed by atoms with van der Waals surface area (Å²) in [4.78, 5) is 11.1. The molecule has 0 bridgehead atoms. The maximum atomic E-state index is 11.1. The topological polar surface area (TPSA) is 35.5 Å². The Morgan fingerprint density at radius 2 is 2.06 bits per heavy atom. The predicted octanol–water partition coefficient (Wildman–Crippen LogP) is 3.74. The minimum Gasteiger partial charge on any atom is -0.438 e. The Bertz CT molecular complexity index is 371. The van der Waals surface area contributed by atoms with E-state index in [1.54, 1.807) is 0 Å². The highest BCUT2D eigenvalue weighted by molar-refractivity contribution is 5.60. The Kier molecular flexibility index (Phi) is 6.62. The molecule has 0 amide bonds. The molecule has 0 aliphatic rings. The Morgan fingerprint density at radius 1 is 1.33 bits per heavy atom. The number of aryl methyl sites for hydroxylation is 1. The van der Waals surface area contributed by atoms with Crippen molar-refractivity contribution in [1.82, 2.24) is 0 Å². The van der Waals surface area contributed by atoms with E-state index in [0.717, 1.165) is 19.3 Å². The van der Waals surface area contributed by atoms with Crippen molar-refractivity contribution in [3.05, 3.63) is 48.0 Å². The van der Waals surface area contributed by atoms with Crippen LogP contribution in [0.5, 0.6) is 0 Å². The van der Waals surface area contributed by atoms with Crippen molar-refractivity contribution in [1.29, 1.82) is 0 Å². The molecule has 0 aliphatic carbocycles. The summed E-state index contributed by atoms with van der Waals surface area (Å²) in [5.41, 5.74) is 1.30. The number of hydrogen-bond acceptors (Lipinski definition) is 3. The highest BCUT2D eigenvalue weighted by Gasteiger charge is 2.10. The van der Waals surface area contributed by atoms with Crippen LogP contribution >= 0.6 is 0 Å². The van der Waals surface area contributed by atoms with Crippen molar-refractivity contribution in [2.75, 3.05) is 7.11 Å². The van der Waals surface area contributed by atoms with Gasteiger partial charge in [0.2, 0.25) is 0 Å². The molecule has 0 saturated carbocycles. The largest absolute Gasteiger partial charge is 0.508 e. The van der Waals surface area contributed by atoms with Crippen LogP contribution in [0.2, 0.25) is 0 Å². The fourth-order valence-corrected chi connectivity index (χ4v) is 1.73. The molecule has 0 aliphatic heterocycles. The van der Waals surface area contributed by atoms with E-state index in [2.05, 4.69) is 16.9 Å². The first-order valence-electron chi connectivity index (χ1n) is 6.17. The summed E-state index contributed by atoms with van der Waals surface area (Å²) < 4.78 is 9.63. The summed E-state index contributed by atoms with van der Waals surface area (Å²) >= 11 is 0. The van der Waals surface area contributed by atoms with Crippen LogP contribution in [0.3, 0.4) is 0 Å². The third kappa shape index (κ3) is 5.53. The van der Waals surface area contributed by atoms with E-state index in [0.29, 0.717) is 0 Å². The SMILES string of the molecule is C/C=C/C(CCCc1ccccc1)OC(=O)OC. The smallest absolute Gasteiger partial charge is 0.438 e. The lowest BCUT2D eigenvalue weighted by molar-refractivity contribution is 0.0494. The number of benzene rings is 1. The van der Waals surface area contributed by atoms with E-state index in [1.807, 2.05) is 37.3 Å². The van der Waals surface area contributed by atoms with Gasteiger partial charge in [-0.1, -0.05) is 36.4 Å². The molecule has 98 valence electrons. The van der Waals surface area contributed by atoms with Crippen LogP contribution in [0.4, 0.5) is 4.79 Å². The van der Waals surface area contributed by atoms with Gasteiger partial charge in [-0.25, -0.2) is 4.79 Å². The number of carbonyl (C=O) groups is 1. The molecule has 0 aromatic heterocycles. The summed E-state index contributed by atoms with van der Waals surface area (Å²) in [6.07, 6.45) is 5.69. The van der Waals surface area contributed by atoms with Gasteiger partial charge >= 0.3 is 6.16 Å². The lowest BCUT2D eigenvalue weighted by Gasteiger charge is -2.13. The van der Waals surface area contributed by atoms with E-state index in [4.69, 9.17) is 4.74 Å². The van der Waals surface area contributed by atoms with Gasteiger partial charge in [0.25, 0.3) is 0 Å². The number of carbonyl (C=O) groups excluding carboxylic acids is 1. The Morgan fingerprint density at radius 3 is 2.67 bits per heavy atom. The first-order chi connectivity index (χ1) is 8.76. The highest BCUT2D eigenvalue weighted by Crippen LogP contribution is 2.10. The summed E-state index contributed by atoms with van der Waals surface area (Å²) in [5, 5.41) is 0. The normalized spacial score (nSPS) is 12.3. The van der Waals surface area contributed by atoms with Crippen molar-refractivity contribution in [3.63, 3.8) is 0 Å². The Balaban J connectivity index is 2.36. The molecule has 1 atom stereocenters. The van der Waals surface area contributed by atoms with Crippen molar-refractivity contribution in [2.24, 2.45) is 0 Å². The Labute approximate surface area is 108 Å². The molecule has 3 heteroatoms. The molecule has 3 nitrogen and oxygen atoms in total. The van der Waals surface area contributed by atoms with Crippen LogP contribution in [-0.2, 0) is 15.9 Å². The number of methoxy groups -OCH3 is 1. The van der Waals surface area contributed by atoms with Crippen molar-refractivity contribution in [2.45, 2.75) is 32.3 Å². The van der Waals surface area contributed by atoms with Crippen molar-refractivity contribution >= 4 is 6.16 Å². The first-order valence-corrected chi connectivity index (χ1v) is 6.17. The molecule has 1 aromatic rings. The molecule has 1 unspecified atom stereocenters. The third-order valence-corrected chi connectivity index (χ3v) is 2.62. The molecule has 0 heterocycles. The molecule has 1 aromatic carbocycles. The van der Waals surface area contributed by atoms with Gasteiger partial charge in [0.1, 0.15) is 6.10 Å². The lowest BCUT2D eigenvalue weighted by atomic mass is 10.1. The fourth-order valence-electron chi connectivity index (χ4n) is 1.73. The van der Waals surface area contributed by atoms with Gasteiger partial charge in [0, 0.05) is 0 Å². The van der Waals surface area contributed by atoms with E-state index in [-0.39, 0.29) is 6.10 Å². The van der Waals surface area contributed by atoms with Crippen LogP contribution in [-0.4, -0.2) is 19.4 Å². The van der Waals surface area contributed by atoms with Crippen molar-refractivity contribution < 1.29 is 14.3 Å². The van der Waals surface area contributed by atoms with Gasteiger partial charge < -0.3 is 9.47 Å². The average Bonchev–Trinajstić information content (AvgIpc) is 2.40. The molecule has 0 fully saturated rings. The quantitative estimate of drug-likeness (QED) is 0.568. The predicted molar refractivity (Wildman–Crippen MR) is 71.5 cm³/mol. The lowest BCUT2D eigenvalue weighted by Crippen LogP contribution is -2.16. The molecule has 18 heavy (non-hydrogen) atoms. The zero-order chi connectivity index (χ0) is 13.2. The zero-order valence-electron chi connectivity index (χ0n) is 11.0. The molecule has 0 saturated heterocycles. The highest BCUT2D eigenvalue weighted by atomic mass is 16.7. The van der Waals surface area contributed by atoms with Gasteiger partial charge in [0.15, 0.2) is 0 Å². The Hall–Kier alpha value is -1.77. The monoisotopic (exact) mass is 248 g/mol. The maximum Gasteiger partial charge on any atom is 0.508 e. The maximum absolute atomic E-state index is 11.1. The minimum atomic E-state index is -0.627. The standard InChI is InChI=1S/C15H20O3/c1-3-8-14(18-15(16)17-2)12-7-11-13-9-5-4-6-10-13/h3-6,8-10,14H,7,11-12H2,1-2H3/b8-3+. The molecule has 1 rings (SSSR count). The number of ether oxygens (including phenoxy) is 2. The van der Waals surface area contributed by atoms with E-state index < -0.39 is 6.16 Å². The molecular formula is C15H20O3. The first kappa shape index (κ1) is 14.3. The second kappa shape index (κ2) is 8.34. The van der Waals surface area contributed by atoms with E-state index >= 15 is 0 Å².